The van der Waals surface area contributed by atoms with E-state index < -0.39 is 9.84 Å². The predicted molar refractivity (Wildman–Crippen MR) is 43.7 cm³/mol. The van der Waals surface area contributed by atoms with Crippen molar-refractivity contribution in [3.8, 4) is 0 Å². The molecule has 4 nitrogen and oxygen atoms in total. The van der Waals surface area contributed by atoms with Crippen LogP contribution in [-0.2, 0) is 19.4 Å². The van der Waals surface area contributed by atoms with E-state index >= 15 is 0 Å². The standard InChI is InChI=1S/C7H12O4S/c8-3-6-12(9,10)7-1-4-11-5-2-7/h3,7H,1-2,4-6H2. The summed E-state index contributed by atoms with van der Waals surface area (Å²) in [5.74, 6) is -0.350. The Labute approximate surface area is 71.8 Å². The molecule has 0 spiro atoms. The summed E-state index contributed by atoms with van der Waals surface area (Å²) in [5, 5.41) is -0.364. The zero-order valence-electron chi connectivity index (χ0n) is 6.73. The van der Waals surface area contributed by atoms with Gasteiger partial charge >= 0.3 is 0 Å². The molecule has 1 rings (SSSR count). The highest BCUT2D eigenvalue weighted by molar-refractivity contribution is 7.92. The number of carbonyl (C=O) groups excluding carboxylic acids is 1. The SMILES string of the molecule is O=CCS(=O)(=O)C1CCOCC1. The first kappa shape index (κ1) is 9.67. The van der Waals surface area contributed by atoms with E-state index in [1.807, 2.05) is 0 Å². The van der Waals surface area contributed by atoms with E-state index in [1.54, 1.807) is 0 Å². The Morgan fingerprint density at radius 2 is 1.92 bits per heavy atom. The largest absolute Gasteiger partial charge is 0.381 e. The number of hydrogen-bond donors (Lipinski definition) is 0. The van der Waals surface area contributed by atoms with Crippen LogP contribution in [0.4, 0.5) is 0 Å². The lowest BCUT2D eigenvalue weighted by Gasteiger charge is -2.20. The number of ether oxygens (including phenoxy) is 1. The summed E-state index contributed by atoms with van der Waals surface area (Å²) < 4.78 is 27.6. The first-order valence-electron chi connectivity index (χ1n) is 3.90. The molecule has 1 heterocycles. The fourth-order valence-corrected chi connectivity index (χ4v) is 2.64. The molecular formula is C7H12O4S. The van der Waals surface area contributed by atoms with E-state index in [1.165, 1.54) is 0 Å². The van der Waals surface area contributed by atoms with Crippen LogP contribution in [0, 0.1) is 0 Å². The minimum absolute atomic E-state index is 0.350. The fraction of sp³-hybridized carbons (Fsp3) is 0.857. The minimum Gasteiger partial charge on any atom is -0.381 e. The third-order valence-corrected chi connectivity index (χ3v) is 4.06. The van der Waals surface area contributed by atoms with Crippen molar-refractivity contribution in [1.29, 1.82) is 0 Å². The van der Waals surface area contributed by atoms with Gasteiger partial charge in [0.2, 0.25) is 0 Å². The lowest BCUT2D eigenvalue weighted by Crippen LogP contribution is -2.31. The molecule has 0 N–H and O–H groups in total. The predicted octanol–water partition coefficient (Wildman–Crippen LogP) is -0.221. The highest BCUT2D eigenvalue weighted by Crippen LogP contribution is 2.15. The molecule has 0 aromatic carbocycles. The van der Waals surface area contributed by atoms with Gasteiger partial charge in [-0.05, 0) is 12.8 Å². The van der Waals surface area contributed by atoms with E-state index in [9.17, 15) is 13.2 Å². The lowest BCUT2D eigenvalue weighted by molar-refractivity contribution is -0.105. The Morgan fingerprint density at radius 1 is 1.33 bits per heavy atom. The first-order chi connectivity index (χ1) is 5.67. The summed E-state index contributed by atoms with van der Waals surface area (Å²) in [7, 11) is -3.18. The van der Waals surface area contributed by atoms with Crippen molar-refractivity contribution in [3.63, 3.8) is 0 Å². The van der Waals surface area contributed by atoms with Crippen LogP contribution in [0.3, 0.4) is 0 Å². The zero-order chi connectivity index (χ0) is 9.03. The molecular weight excluding hydrogens is 180 g/mol. The van der Waals surface area contributed by atoms with Gasteiger partial charge in [0.25, 0.3) is 0 Å². The van der Waals surface area contributed by atoms with E-state index in [2.05, 4.69) is 0 Å². The van der Waals surface area contributed by atoms with Gasteiger partial charge < -0.3 is 9.53 Å². The van der Waals surface area contributed by atoms with E-state index in [4.69, 9.17) is 4.74 Å². The summed E-state index contributed by atoms with van der Waals surface area (Å²) >= 11 is 0. The molecule has 1 aliphatic rings. The molecule has 0 bridgehead atoms. The Hall–Kier alpha value is -0.420. The molecule has 70 valence electrons. The van der Waals surface area contributed by atoms with Gasteiger partial charge in [0, 0.05) is 13.2 Å². The number of hydrogen-bond acceptors (Lipinski definition) is 4. The van der Waals surface area contributed by atoms with Gasteiger partial charge in [0.15, 0.2) is 9.84 Å². The summed E-state index contributed by atoms with van der Waals surface area (Å²) in [6.07, 6.45) is 1.50. The molecule has 1 saturated heterocycles. The van der Waals surface area contributed by atoms with E-state index in [0.717, 1.165) is 0 Å². The average molecular weight is 192 g/mol. The second-order valence-corrected chi connectivity index (χ2v) is 5.13. The maximum atomic E-state index is 11.3. The third-order valence-electron chi connectivity index (χ3n) is 1.98. The van der Waals surface area contributed by atoms with Crippen molar-refractivity contribution in [2.75, 3.05) is 19.0 Å². The van der Waals surface area contributed by atoms with Crippen molar-refractivity contribution in [2.24, 2.45) is 0 Å². The van der Waals surface area contributed by atoms with Crippen LogP contribution in [0.1, 0.15) is 12.8 Å². The van der Waals surface area contributed by atoms with Crippen LogP contribution in [0.5, 0.6) is 0 Å². The van der Waals surface area contributed by atoms with Crippen LogP contribution in [0.25, 0.3) is 0 Å². The second-order valence-electron chi connectivity index (χ2n) is 2.81. The monoisotopic (exact) mass is 192 g/mol. The number of sulfone groups is 1. The summed E-state index contributed by atoms with van der Waals surface area (Å²) in [4.78, 5) is 10.1. The highest BCUT2D eigenvalue weighted by Gasteiger charge is 2.26. The van der Waals surface area contributed by atoms with Gasteiger partial charge in [-0.15, -0.1) is 0 Å². The topological polar surface area (TPSA) is 60.4 Å². The Morgan fingerprint density at radius 3 is 2.42 bits per heavy atom. The maximum Gasteiger partial charge on any atom is 0.160 e. The summed E-state index contributed by atoms with van der Waals surface area (Å²) in [6, 6.07) is 0. The number of aldehydes is 1. The fourth-order valence-electron chi connectivity index (χ4n) is 1.27. The quantitative estimate of drug-likeness (QED) is 0.580. The molecule has 0 saturated carbocycles. The molecule has 0 aromatic rings. The van der Waals surface area contributed by atoms with Crippen LogP contribution in [-0.4, -0.2) is 38.9 Å². The lowest BCUT2D eigenvalue weighted by atomic mass is 10.2. The minimum atomic E-state index is -3.18. The molecule has 0 amide bonds. The molecule has 0 radical (unpaired) electrons. The Kier molecular flexibility index (Phi) is 3.22. The second kappa shape index (κ2) is 4.00. The van der Waals surface area contributed by atoms with Crippen molar-refractivity contribution < 1.29 is 17.9 Å². The smallest absolute Gasteiger partial charge is 0.160 e. The molecule has 1 fully saturated rings. The number of rotatable bonds is 3. The van der Waals surface area contributed by atoms with E-state index in [0.29, 0.717) is 32.3 Å². The van der Waals surface area contributed by atoms with Gasteiger partial charge in [0.05, 0.1) is 5.25 Å². The molecule has 0 aromatic heterocycles. The van der Waals surface area contributed by atoms with Gasteiger partial charge in [-0.1, -0.05) is 0 Å². The number of carbonyl (C=O) groups is 1. The van der Waals surface area contributed by atoms with Crippen LogP contribution in [0.15, 0.2) is 0 Å². The van der Waals surface area contributed by atoms with Crippen molar-refractivity contribution >= 4 is 16.1 Å². The molecule has 12 heavy (non-hydrogen) atoms. The molecule has 0 unspecified atom stereocenters. The maximum absolute atomic E-state index is 11.3. The van der Waals surface area contributed by atoms with Gasteiger partial charge in [-0.2, -0.15) is 0 Å². The normalized spacial score (nSPS) is 20.7. The van der Waals surface area contributed by atoms with Crippen LogP contribution >= 0.6 is 0 Å². The molecule has 1 aliphatic heterocycles. The zero-order valence-corrected chi connectivity index (χ0v) is 7.55. The molecule has 5 heteroatoms. The third kappa shape index (κ3) is 2.28. The first-order valence-corrected chi connectivity index (χ1v) is 5.61. The highest BCUT2D eigenvalue weighted by atomic mass is 32.2. The van der Waals surface area contributed by atoms with Crippen LogP contribution in [0.2, 0.25) is 0 Å². The molecule has 0 aliphatic carbocycles. The van der Waals surface area contributed by atoms with Gasteiger partial charge in [-0.25, -0.2) is 8.42 Å². The summed E-state index contributed by atoms with van der Waals surface area (Å²) in [6.45, 7) is 0.978. The van der Waals surface area contributed by atoms with Crippen molar-refractivity contribution in [1.82, 2.24) is 0 Å². The van der Waals surface area contributed by atoms with Crippen LogP contribution < -0.4 is 0 Å². The van der Waals surface area contributed by atoms with Crippen molar-refractivity contribution in [2.45, 2.75) is 18.1 Å². The van der Waals surface area contributed by atoms with Crippen molar-refractivity contribution in [3.05, 3.63) is 0 Å². The molecule has 0 atom stereocenters. The van der Waals surface area contributed by atoms with Gasteiger partial charge in [0.1, 0.15) is 12.0 Å². The Bertz CT molecular complexity index is 238. The van der Waals surface area contributed by atoms with Gasteiger partial charge in [-0.3, -0.25) is 0 Å². The summed E-state index contributed by atoms with van der Waals surface area (Å²) in [5.41, 5.74) is 0. The Balaban J connectivity index is 2.60. The van der Waals surface area contributed by atoms with E-state index in [-0.39, 0.29) is 11.0 Å². The average Bonchev–Trinajstić information content (AvgIpc) is 2.06.